The maximum Gasteiger partial charge on any atom is 0.169 e. The molecule has 5 heteroatoms. The Morgan fingerprint density at radius 2 is 1.18 bits per heavy atom. The van der Waals surface area contributed by atoms with Gasteiger partial charge in [-0.05, 0) is 86.7 Å². The number of hydrogen-bond donors (Lipinski definition) is 3. The number of phenolic OH excluding ortho intramolecular Hbond substituents is 3. The van der Waals surface area contributed by atoms with Gasteiger partial charge in [-0.25, -0.2) is 0 Å². The van der Waals surface area contributed by atoms with E-state index in [0.717, 1.165) is 44.9 Å². The molecule has 0 aliphatic carbocycles. The molecule has 0 bridgehead atoms. The van der Waals surface area contributed by atoms with Crippen LogP contribution in [-0.4, -0.2) is 15.3 Å². The van der Waals surface area contributed by atoms with E-state index in [1.807, 2.05) is 82.0 Å². The largest absolute Gasteiger partial charge is 0.508 e. The third-order valence-electron chi connectivity index (χ3n) is 5.93. The van der Waals surface area contributed by atoms with Gasteiger partial charge in [-0.2, -0.15) is 0 Å². The lowest BCUT2D eigenvalue weighted by Crippen LogP contribution is -2.13. The van der Waals surface area contributed by atoms with E-state index in [9.17, 15) is 15.3 Å². The second kappa shape index (κ2) is 9.02. The normalized spacial score (nSPS) is 10.9. The Hall–Kier alpha value is -4.12. The second-order valence-electron chi connectivity index (χ2n) is 8.76. The maximum absolute atomic E-state index is 10.5. The van der Waals surface area contributed by atoms with Crippen molar-refractivity contribution >= 4 is 17.1 Å². The van der Waals surface area contributed by atoms with E-state index in [0.29, 0.717) is 11.5 Å². The highest BCUT2D eigenvalue weighted by Gasteiger charge is 2.20. The summed E-state index contributed by atoms with van der Waals surface area (Å²) in [4.78, 5) is 1.99. The van der Waals surface area contributed by atoms with Gasteiger partial charge in [0.05, 0.1) is 11.4 Å². The van der Waals surface area contributed by atoms with Gasteiger partial charge in [-0.1, -0.05) is 24.3 Å². The third-order valence-corrected chi connectivity index (χ3v) is 5.93. The van der Waals surface area contributed by atoms with Crippen molar-refractivity contribution in [3.05, 3.63) is 94.5 Å². The van der Waals surface area contributed by atoms with Gasteiger partial charge in [-0.15, -0.1) is 0 Å². The molecular formula is C29H29NO4. The van der Waals surface area contributed by atoms with Gasteiger partial charge in [0.25, 0.3) is 0 Å². The summed E-state index contributed by atoms with van der Waals surface area (Å²) in [6.45, 7) is 9.61. The highest BCUT2D eigenvalue weighted by atomic mass is 16.5. The van der Waals surface area contributed by atoms with E-state index < -0.39 is 0 Å². The van der Waals surface area contributed by atoms with Gasteiger partial charge in [0.15, 0.2) is 11.5 Å². The Morgan fingerprint density at radius 1 is 0.588 bits per heavy atom. The van der Waals surface area contributed by atoms with Crippen molar-refractivity contribution in [3.63, 3.8) is 0 Å². The number of hydrogen-bond acceptors (Lipinski definition) is 5. The maximum atomic E-state index is 10.5. The molecule has 0 saturated carbocycles. The van der Waals surface area contributed by atoms with Crippen LogP contribution in [0.2, 0.25) is 0 Å². The van der Waals surface area contributed by atoms with Crippen molar-refractivity contribution in [1.29, 1.82) is 0 Å². The Balaban J connectivity index is 1.87. The van der Waals surface area contributed by atoms with Crippen molar-refractivity contribution in [3.8, 4) is 28.7 Å². The topological polar surface area (TPSA) is 73.2 Å². The van der Waals surface area contributed by atoms with Crippen LogP contribution < -0.4 is 9.64 Å². The summed E-state index contributed by atoms with van der Waals surface area (Å²) in [5, 5.41) is 31.3. The third kappa shape index (κ3) is 4.50. The Morgan fingerprint density at radius 3 is 1.74 bits per heavy atom. The summed E-state index contributed by atoms with van der Waals surface area (Å²) in [7, 11) is 0. The summed E-state index contributed by atoms with van der Waals surface area (Å²) in [6, 6.07) is 20.1. The summed E-state index contributed by atoms with van der Waals surface area (Å²) in [6.07, 6.45) is 0. The zero-order valence-electron chi connectivity index (χ0n) is 20.0. The predicted molar refractivity (Wildman–Crippen MR) is 136 cm³/mol. The monoisotopic (exact) mass is 455 g/mol. The van der Waals surface area contributed by atoms with E-state index in [1.165, 1.54) is 0 Å². The van der Waals surface area contributed by atoms with Crippen LogP contribution in [0.25, 0.3) is 0 Å². The van der Waals surface area contributed by atoms with Crippen LogP contribution in [0.4, 0.5) is 17.1 Å². The van der Waals surface area contributed by atoms with Gasteiger partial charge in [0.1, 0.15) is 17.2 Å². The minimum absolute atomic E-state index is 0.0702. The molecule has 0 aromatic heterocycles. The fourth-order valence-corrected chi connectivity index (χ4v) is 4.08. The average molecular weight is 456 g/mol. The standard InChI is InChI=1S/C29H29NO4/c1-17-9-10-29(28(33)11-17)34-23-8-6-7-22(14-23)30(24-15-26(31)20(4)12-18(24)2)25-16-27(32)21(5)13-19(25)3/h6-16,31-33H,1-5H3. The molecule has 0 saturated heterocycles. The van der Waals surface area contributed by atoms with Gasteiger partial charge in [-0.3, -0.25) is 0 Å². The highest BCUT2D eigenvalue weighted by molar-refractivity contribution is 5.82. The SMILES string of the molecule is Cc1ccc(Oc2cccc(N(c3cc(O)c(C)cc3C)c3cc(O)c(C)cc3C)c2)c(O)c1. The minimum atomic E-state index is 0.0702. The van der Waals surface area contributed by atoms with Crippen LogP contribution in [0.1, 0.15) is 27.8 Å². The molecule has 0 heterocycles. The summed E-state index contributed by atoms with van der Waals surface area (Å²) < 4.78 is 6.00. The highest BCUT2D eigenvalue weighted by Crippen LogP contribution is 2.43. The molecule has 0 fully saturated rings. The lowest BCUT2D eigenvalue weighted by atomic mass is 10.0. The summed E-state index contributed by atoms with van der Waals surface area (Å²) in [5.41, 5.74) is 6.80. The summed E-state index contributed by atoms with van der Waals surface area (Å²) >= 11 is 0. The molecule has 3 N–H and O–H groups in total. The van der Waals surface area contributed by atoms with Crippen LogP contribution in [0.5, 0.6) is 28.7 Å². The number of rotatable bonds is 5. The van der Waals surface area contributed by atoms with Crippen LogP contribution in [0, 0.1) is 34.6 Å². The van der Waals surface area contributed by atoms with E-state index in [-0.39, 0.29) is 17.2 Å². The number of aryl methyl sites for hydroxylation is 5. The van der Waals surface area contributed by atoms with Crippen molar-refractivity contribution < 1.29 is 20.1 Å². The second-order valence-corrected chi connectivity index (χ2v) is 8.76. The fourth-order valence-electron chi connectivity index (χ4n) is 4.08. The molecule has 34 heavy (non-hydrogen) atoms. The van der Waals surface area contributed by atoms with Gasteiger partial charge >= 0.3 is 0 Å². The molecule has 0 aliphatic rings. The van der Waals surface area contributed by atoms with Gasteiger partial charge < -0.3 is 25.0 Å². The van der Waals surface area contributed by atoms with Gasteiger partial charge in [0.2, 0.25) is 0 Å². The Labute approximate surface area is 200 Å². The van der Waals surface area contributed by atoms with Crippen molar-refractivity contribution in [2.24, 2.45) is 0 Å². The lowest BCUT2D eigenvalue weighted by Gasteiger charge is -2.29. The van der Waals surface area contributed by atoms with Crippen molar-refractivity contribution in [2.75, 3.05) is 4.90 Å². The molecule has 4 aromatic rings. The van der Waals surface area contributed by atoms with Crippen LogP contribution >= 0.6 is 0 Å². The number of ether oxygens (including phenoxy) is 1. The number of anilines is 3. The van der Waals surface area contributed by atoms with Crippen molar-refractivity contribution in [1.82, 2.24) is 0 Å². The zero-order valence-corrected chi connectivity index (χ0v) is 20.0. The number of benzene rings is 4. The number of nitrogens with zero attached hydrogens (tertiary/aromatic N) is 1. The molecule has 174 valence electrons. The minimum Gasteiger partial charge on any atom is -0.508 e. The molecule has 0 amide bonds. The molecule has 0 aliphatic heterocycles. The first-order valence-corrected chi connectivity index (χ1v) is 11.1. The van der Waals surface area contributed by atoms with Crippen LogP contribution in [0.15, 0.2) is 66.7 Å². The molecule has 0 atom stereocenters. The molecule has 0 radical (unpaired) electrons. The molecule has 0 unspecified atom stereocenters. The van der Waals surface area contributed by atoms with E-state index in [1.54, 1.807) is 24.3 Å². The predicted octanol–water partition coefficient (Wildman–Crippen LogP) is 7.61. The lowest BCUT2D eigenvalue weighted by molar-refractivity contribution is 0.411. The van der Waals surface area contributed by atoms with E-state index in [2.05, 4.69) is 0 Å². The smallest absolute Gasteiger partial charge is 0.169 e. The molecule has 4 aromatic carbocycles. The van der Waals surface area contributed by atoms with Crippen LogP contribution in [-0.2, 0) is 0 Å². The van der Waals surface area contributed by atoms with E-state index in [4.69, 9.17) is 4.74 Å². The first-order chi connectivity index (χ1) is 16.1. The average Bonchev–Trinajstić information content (AvgIpc) is 2.78. The quantitative estimate of drug-likeness (QED) is 0.289. The van der Waals surface area contributed by atoms with Gasteiger partial charge in [0, 0.05) is 23.9 Å². The van der Waals surface area contributed by atoms with E-state index >= 15 is 0 Å². The van der Waals surface area contributed by atoms with Crippen LogP contribution in [0.3, 0.4) is 0 Å². The van der Waals surface area contributed by atoms with Crippen molar-refractivity contribution in [2.45, 2.75) is 34.6 Å². The molecule has 5 nitrogen and oxygen atoms in total. The first kappa shape index (κ1) is 23.1. The zero-order chi connectivity index (χ0) is 24.6. The molecule has 4 rings (SSSR count). The Kier molecular flexibility index (Phi) is 6.12. The number of phenols is 3. The summed E-state index contributed by atoms with van der Waals surface area (Å²) in [5.74, 6) is 1.36. The number of aromatic hydroxyl groups is 3. The molecule has 0 spiro atoms. The first-order valence-electron chi connectivity index (χ1n) is 11.1. The Bertz CT molecular complexity index is 1320. The fraction of sp³-hybridized carbons (Fsp3) is 0.172. The molecular weight excluding hydrogens is 426 g/mol.